The lowest BCUT2D eigenvalue weighted by Crippen LogP contribution is -2.18. The number of hydrazone groups is 1. The minimum Gasteiger partial charge on any atom is -0.337 e. The summed E-state index contributed by atoms with van der Waals surface area (Å²) in [4.78, 5) is 15.0. The standard InChI is InChI=1S/C24H21ClN4O3S/c1-17-10-12-19(13-11-17)33(31,32)28-26-14-18-15-29(23-9-5-2-6-20(18)23)16-24(30)27-22-8-4-3-7-21(22)25/h2-15,28H,16H2,1H3,(H,27,30)/b26-14-. The van der Waals surface area contributed by atoms with E-state index in [-0.39, 0.29) is 17.3 Å². The highest BCUT2D eigenvalue weighted by atomic mass is 35.5. The van der Waals surface area contributed by atoms with Crippen LogP contribution in [0.15, 0.2) is 89.0 Å². The predicted molar refractivity (Wildman–Crippen MR) is 131 cm³/mol. The molecule has 0 saturated carbocycles. The molecule has 33 heavy (non-hydrogen) atoms. The molecule has 4 rings (SSSR count). The fraction of sp³-hybridized carbons (Fsp3) is 0.0833. The van der Waals surface area contributed by atoms with Crippen molar-refractivity contribution in [3.8, 4) is 0 Å². The smallest absolute Gasteiger partial charge is 0.276 e. The van der Waals surface area contributed by atoms with Gasteiger partial charge in [0.25, 0.3) is 10.0 Å². The predicted octanol–water partition coefficient (Wildman–Crippen LogP) is 4.55. The van der Waals surface area contributed by atoms with Crippen molar-refractivity contribution in [2.75, 3.05) is 5.32 Å². The van der Waals surface area contributed by atoms with Crippen molar-refractivity contribution in [2.45, 2.75) is 18.4 Å². The number of carbonyl (C=O) groups is 1. The fourth-order valence-corrected chi connectivity index (χ4v) is 4.33. The van der Waals surface area contributed by atoms with Crippen molar-refractivity contribution in [1.82, 2.24) is 9.40 Å². The van der Waals surface area contributed by atoms with Crippen molar-refractivity contribution >= 4 is 50.3 Å². The van der Waals surface area contributed by atoms with Crippen LogP contribution in [0.1, 0.15) is 11.1 Å². The highest BCUT2D eigenvalue weighted by Crippen LogP contribution is 2.22. The molecule has 4 aromatic rings. The van der Waals surface area contributed by atoms with Gasteiger partial charge in [-0.05, 0) is 37.3 Å². The van der Waals surface area contributed by atoms with Gasteiger partial charge in [-0.15, -0.1) is 0 Å². The second-order valence-electron chi connectivity index (χ2n) is 7.42. The SMILES string of the molecule is Cc1ccc(S(=O)(=O)N/N=C\c2cn(CC(=O)Nc3ccccc3Cl)c3ccccc23)cc1. The van der Waals surface area contributed by atoms with E-state index in [0.717, 1.165) is 16.5 Å². The first-order valence-electron chi connectivity index (χ1n) is 10.1. The first kappa shape index (κ1) is 22.6. The van der Waals surface area contributed by atoms with E-state index >= 15 is 0 Å². The van der Waals surface area contributed by atoms with Crippen LogP contribution >= 0.6 is 11.6 Å². The number of carbonyl (C=O) groups excluding carboxylic acids is 1. The Bertz CT molecular complexity index is 1440. The second kappa shape index (κ2) is 9.48. The van der Waals surface area contributed by atoms with Gasteiger partial charge in [0.2, 0.25) is 5.91 Å². The van der Waals surface area contributed by atoms with E-state index in [4.69, 9.17) is 11.6 Å². The summed E-state index contributed by atoms with van der Waals surface area (Å²) in [6.45, 7) is 1.93. The Hall–Kier alpha value is -3.62. The van der Waals surface area contributed by atoms with E-state index in [9.17, 15) is 13.2 Å². The van der Waals surface area contributed by atoms with E-state index in [1.54, 1.807) is 47.2 Å². The number of nitrogens with one attached hydrogen (secondary N) is 2. The van der Waals surface area contributed by atoms with Gasteiger partial charge in [0, 0.05) is 22.7 Å². The third-order valence-electron chi connectivity index (χ3n) is 4.99. The summed E-state index contributed by atoms with van der Waals surface area (Å²) < 4.78 is 26.7. The third-order valence-corrected chi connectivity index (χ3v) is 6.56. The quantitative estimate of drug-likeness (QED) is 0.300. The summed E-state index contributed by atoms with van der Waals surface area (Å²) in [5.41, 5.74) is 2.98. The number of aromatic nitrogens is 1. The first-order valence-corrected chi connectivity index (χ1v) is 11.9. The second-order valence-corrected chi connectivity index (χ2v) is 9.49. The maximum atomic E-state index is 12.6. The van der Waals surface area contributed by atoms with Crippen molar-refractivity contribution in [3.05, 3.63) is 95.1 Å². The Morgan fingerprint density at radius 3 is 2.48 bits per heavy atom. The number of hydrogen-bond acceptors (Lipinski definition) is 4. The molecule has 1 heterocycles. The normalized spacial score (nSPS) is 11.7. The lowest BCUT2D eigenvalue weighted by atomic mass is 10.2. The molecule has 1 amide bonds. The summed E-state index contributed by atoms with van der Waals surface area (Å²) >= 11 is 6.12. The highest BCUT2D eigenvalue weighted by Gasteiger charge is 2.13. The van der Waals surface area contributed by atoms with E-state index in [2.05, 4.69) is 15.2 Å². The third kappa shape index (κ3) is 5.24. The van der Waals surface area contributed by atoms with Crippen LogP contribution in [0.3, 0.4) is 0 Å². The number of rotatable bonds is 7. The Morgan fingerprint density at radius 1 is 1.03 bits per heavy atom. The highest BCUT2D eigenvalue weighted by molar-refractivity contribution is 7.89. The van der Waals surface area contributed by atoms with E-state index in [1.807, 2.05) is 31.2 Å². The fourth-order valence-electron chi connectivity index (χ4n) is 3.35. The molecule has 168 valence electrons. The molecular formula is C24H21ClN4O3S. The molecule has 0 fully saturated rings. The molecule has 0 radical (unpaired) electrons. The zero-order chi connectivity index (χ0) is 23.4. The van der Waals surface area contributed by atoms with E-state index < -0.39 is 10.0 Å². The number of amides is 1. The average molecular weight is 481 g/mol. The number of hydrogen-bond donors (Lipinski definition) is 2. The van der Waals surface area contributed by atoms with Gasteiger partial charge in [-0.3, -0.25) is 4.79 Å². The molecule has 2 N–H and O–H groups in total. The first-order chi connectivity index (χ1) is 15.8. The van der Waals surface area contributed by atoms with Gasteiger partial charge in [-0.2, -0.15) is 13.5 Å². The molecule has 0 aliphatic heterocycles. The molecule has 0 atom stereocenters. The number of sulfonamides is 1. The molecule has 1 aromatic heterocycles. The number of benzene rings is 3. The topological polar surface area (TPSA) is 92.6 Å². The Balaban J connectivity index is 1.54. The van der Waals surface area contributed by atoms with Gasteiger partial charge >= 0.3 is 0 Å². The largest absolute Gasteiger partial charge is 0.337 e. The monoisotopic (exact) mass is 480 g/mol. The minimum atomic E-state index is -3.78. The summed E-state index contributed by atoms with van der Waals surface area (Å²) in [5, 5.41) is 8.03. The van der Waals surface area contributed by atoms with Crippen LogP contribution in [0.5, 0.6) is 0 Å². The number of fused-ring (bicyclic) bond motifs is 1. The maximum Gasteiger partial charge on any atom is 0.276 e. The zero-order valence-electron chi connectivity index (χ0n) is 17.7. The van der Waals surface area contributed by atoms with Crippen molar-refractivity contribution in [1.29, 1.82) is 0 Å². The number of anilines is 1. The van der Waals surface area contributed by atoms with Crippen LogP contribution in [-0.4, -0.2) is 25.1 Å². The lowest BCUT2D eigenvalue weighted by Gasteiger charge is -2.08. The summed E-state index contributed by atoms with van der Waals surface area (Å²) in [5.74, 6) is -0.243. The van der Waals surface area contributed by atoms with E-state index in [0.29, 0.717) is 16.3 Å². The molecule has 0 saturated heterocycles. The maximum absolute atomic E-state index is 12.6. The van der Waals surface area contributed by atoms with Crippen LogP contribution in [-0.2, 0) is 21.4 Å². The summed E-state index contributed by atoms with van der Waals surface area (Å²) in [6.07, 6.45) is 3.18. The molecule has 9 heteroatoms. The minimum absolute atomic E-state index is 0.0503. The average Bonchev–Trinajstić information content (AvgIpc) is 3.13. The Labute approximate surface area is 196 Å². The molecule has 3 aromatic carbocycles. The number of para-hydroxylation sites is 2. The molecule has 0 aliphatic carbocycles. The van der Waals surface area contributed by atoms with Crippen LogP contribution in [0.2, 0.25) is 5.02 Å². The Kier molecular flexibility index (Phi) is 6.48. The van der Waals surface area contributed by atoms with Gasteiger partial charge < -0.3 is 9.88 Å². The molecule has 0 aliphatic rings. The van der Waals surface area contributed by atoms with Gasteiger partial charge in [0.1, 0.15) is 6.54 Å². The summed E-state index contributed by atoms with van der Waals surface area (Å²) in [6, 6.07) is 21.0. The molecule has 7 nitrogen and oxygen atoms in total. The van der Waals surface area contributed by atoms with Crippen LogP contribution in [0.25, 0.3) is 10.9 Å². The molecule has 0 bridgehead atoms. The van der Waals surface area contributed by atoms with Gasteiger partial charge in [0.15, 0.2) is 0 Å². The number of nitrogens with zero attached hydrogens (tertiary/aromatic N) is 2. The van der Waals surface area contributed by atoms with Crippen molar-refractivity contribution in [2.24, 2.45) is 5.10 Å². The Morgan fingerprint density at radius 2 is 1.73 bits per heavy atom. The van der Waals surface area contributed by atoms with Crippen LogP contribution in [0.4, 0.5) is 5.69 Å². The number of halogens is 1. The molecule has 0 spiro atoms. The number of aryl methyl sites for hydroxylation is 1. The van der Waals surface area contributed by atoms with Gasteiger partial charge in [-0.1, -0.05) is 59.6 Å². The molecular weight excluding hydrogens is 460 g/mol. The van der Waals surface area contributed by atoms with E-state index in [1.165, 1.54) is 18.3 Å². The lowest BCUT2D eigenvalue weighted by molar-refractivity contribution is -0.116. The van der Waals surface area contributed by atoms with Crippen LogP contribution < -0.4 is 10.1 Å². The molecule has 0 unspecified atom stereocenters. The summed E-state index contributed by atoms with van der Waals surface area (Å²) in [7, 11) is -3.78. The van der Waals surface area contributed by atoms with Crippen molar-refractivity contribution < 1.29 is 13.2 Å². The van der Waals surface area contributed by atoms with Crippen molar-refractivity contribution in [3.63, 3.8) is 0 Å². The van der Waals surface area contributed by atoms with Gasteiger partial charge in [-0.25, -0.2) is 4.83 Å². The van der Waals surface area contributed by atoms with Crippen LogP contribution in [0, 0.1) is 6.92 Å². The van der Waals surface area contributed by atoms with Gasteiger partial charge in [0.05, 0.1) is 21.8 Å². The zero-order valence-corrected chi connectivity index (χ0v) is 19.3.